The fourth-order valence-corrected chi connectivity index (χ4v) is 4.13. The quantitative estimate of drug-likeness (QED) is 0.623. The maximum atomic E-state index is 4.39. The summed E-state index contributed by atoms with van der Waals surface area (Å²) in [5, 5.41) is 0. The van der Waals surface area contributed by atoms with Crippen LogP contribution in [0.15, 0.2) is 54.9 Å². The number of benzene rings is 2. The highest BCUT2D eigenvalue weighted by molar-refractivity contribution is 5.88. The smallest absolute Gasteiger partial charge is 0.0471 e. The fraction of sp³-hybridized carbons (Fsp3) is 0.261. The fourth-order valence-electron chi connectivity index (χ4n) is 4.13. The van der Waals surface area contributed by atoms with Gasteiger partial charge in [-0.25, -0.2) is 0 Å². The Balaban J connectivity index is 2.00. The summed E-state index contributed by atoms with van der Waals surface area (Å²) >= 11 is 0. The Bertz CT molecular complexity index is 968. The molecule has 2 heteroatoms. The van der Waals surface area contributed by atoms with E-state index in [2.05, 4.69) is 87.2 Å². The van der Waals surface area contributed by atoms with E-state index >= 15 is 0 Å². The third kappa shape index (κ3) is 2.28. The van der Waals surface area contributed by atoms with Crippen molar-refractivity contribution in [2.45, 2.75) is 26.2 Å². The van der Waals surface area contributed by atoms with Crippen molar-refractivity contribution < 1.29 is 0 Å². The molecule has 1 heterocycles. The van der Waals surface area contributed by atoms with Gasteiger partial charge in [-0.15, -0.1) is 0 Å². The van der Waals surface area contributed by atoms with Gasteiger partial charge in [-0.1, -0.05) is 44.2 Å². The number of rotatable bonds is 2. The zero-order valence-corrected chi connectivity index (χ0v) is 15.6. The van der Waals surface area contributed by atoms with Gasteiger partial charge in [0.2, 0.25) is 0 Å². The average molecular weight is 328 g/mol. The van der Waals surface area contributed by atoms with Gasteiger partial charge in [-0.2, -0.15) is 0 Å². The van der Waals surface area contributed by atoms with Crippen LogP contribution in [0.1, 0.15) is 30.5 Å². The molecule has 0 saturated carbocycles. The molecule has 3 aromatic rings. The number of pyridine rings is 1. The van der Waals surface area contributed by atoms with E-state index in [1.54, 1.807) is 0 Å². The lowest BCUT2D eigenvalue weighted by Crippen LogP contribution is -2.15. The number of aryl methyl sites for hydroxylation is 1. The van der Waals surface area contributed by atoms with E-state index in [0.717, 1.165) is 0 Å². The van der Waals surface area contributed by atoms with Gasteiger partial charge < -0.3 is 4.90 Å². The van der Waals surface area contributed by atoms with Crippen LogP contribution >= 0.6 is 0 Å². The molecular formula is C23H24N2. The lowest BCUT2D eigenvalue weighted by Gasteiger charge is -2.23. The summed E-state index contributed by atoms with van der Waals surface area (Å²) in [5.74, 6) is 0. The third-order valence-corrected chi connectivity index (χ3v) is 5.50. The van der Waals surface area contributed by atoms with Crippen molar-refractivity contribution in [1.82, 2.24) is 4.98 Å². The molecule has 1 aliphatic rings. The minimum absolute atomic E-state index is 0.0501. The number of hydrogen-bond donors (Lipinski definition) is 0. The summed E-state index contributed by atoms with van der Waals surface area (Å²) in [4.78, 5) is 6.54. The van der Waals surface area contributed by atoms with Crippen molar-refractivity contribution in [3.63, 3.8) is 0 Å². The maximum Gasteiger partial charge on any atom is 0.0471 e. The number of hydrogen-bond acceptors (Lipinski definition) is 2. The minimum Gasteiger partial charge on any atom is -0.377 e. The van der Waals surface area contributed by atoms with Crippen molar-refractivity contribution in [3.8, 4) is 22.3 Å². The molecule has 0 unspecified atom stereocenters. The molecule has 2 nitrogen and oxygen atoms in total. The Morgan fingerprint density at radius 2 is 1.60 bits per heavy atom. The van der Waals surface area contributed by atoms with Crippen LogP contribution in [0.4, 0.5) is 5.69 Å². The zero-order valence-electron chi connectivity index (χ0n) is 15.6. The Kier molecular flexibility index (Phi) is 3.47. The van der Waals surface area contributed by atoms with Crippen LogP contribution in [0, 0.1) is 6.92 Å². The number of aromatic nitrogens is 1. The molecule has 0 bridgehead atoms. The van der Waals surface area contributed by atoms with Gasteiger partial charge in [0, 0.05) is 43.2 Å². The molecule has 0 radical (unpaired) electrons. The first-order valence-electron chi connectivity index (χ1n) is 8.78. The average Bonchev–Trinajstić information content (AvgIpc) is 2.82. The highest BCUT2D eigenvalue weighted by Crippen LogP contribution is 2.50. The molecule has 0 saturated heterocycles. The molecule has 0 N–H and O–H groups in total. The molecule has 0 amide bonds. The van der Waals surface area contributed by atoms with Crippen LogP contribution in [-0.2, 0) is 5.41 Å². The second kappa shape index (κ2) is 5.45. The summed E-state index contributed by atoms with van der Waals surface area (Å²) in [6.45, 7) is 6.86. The summed E-state index contributed by atoms with van der Waals surface area (Å²) in [6, 6.07) is 15.6. The SMILES string of the molecule is Cc1cc2c(cc1-c1cnccc1N(C)C)-c1ccccc1C2(C)C. The Morgan fingerprint density at radius 1 is 0.840 bits per heavy atom. The number of fused-ring (bicyclic) bond motifs is 3. The van der Waals surface area contributed by atoms with Crippen LogP contribution in [0.25, 0.3) is 22.3 Å². The summed E-state index contributed by atoms with van der Waals surface area (Å²) in [5.41, 5.74) is 10.6. The predicted octanol–water partition coefficient (Wildman–Crippen LogP) is 5.43. The normalized spacial score (nSPS) is 14.1. The second-order valence-corrected chi connectivity index (χ2v) is 7.67. The van der Waals surface area contributed by atoms with E-state index in [4.69, 9.17) is 0 Å². The van der Waals surface area contributed by atoms with Crippen LogP contribution in [0.3, 0.4) is 0 Å². The molecule has 2 aromatic carbocycles. The van der Waals surface area contributed by atoms with E-state index < -0.39 is 0 Å². The van der Waals surface area contributed by atoms with Crippen LogP contribution in [0.2, 0.25) is 0 Å². The molecule has 0 spiro atoms. The van der Waals surface area contributed by atoms with Crippen molar-refractivity contribution in [1.29, 1.82) is 0 Å². The minimum atomic E-state index is 0.0501. The monoisotopic (exact) mass is 328 g/mol. The highest BCUT2D eigenvalue weighted by atomic mass is 15.1. The zero-order chi connectivity index (χ0) is 17.8. The van der Waals surface area contributed by atoms with Crippen LogP contribution < -0.4 is 4.90 Å². The molecule has 25 heavy (non-hydrogen) atoms. The lowest BCUT2D eigenvalue weighted by molar-refractivity contribution is 0.660. The summed E-state index contributed by atoms with van der Waals surface area (Å²) in [7, 11) is 4.17. The van der Waals surface area contributed by atoms with E-state index in [1.165, 1.54) is 44.6 Å². The van der Waals surface area contributed by atoms with Gasteiger partial charge in [0.05, 0.1) is 0 Å². The maximum absolute atomic E-state index is 4.39. The van der Waals surface area contributed by atoms with E-state index in [1.807, 2.05) is 12.4 Å². The van der Waals surface area contributed by atoms with Crippen molar-refractivity contribution in [2.24, 2.45) is 0 Å². The van der Waals surface area contributed by atoms with E-state index in [-0.39, 0.29) is 5.41 Å². The molecule has 0 atom stereocenters. The van der Waals surface area contributed by atoms with Crippen LogP contribution in [0.5, 0.6) is 0 Å². The molecular weight excluding hydrogens is 304 g/mol. The molecule has 126 valence electrons. The van der Waals surface area contributed by atoms with E-state index in [0.29, 0.717) is 0 Å². The van der Waals surface area contributed by atoms with Crippen molar-refractivity contribution in [2.75, 3.05) is 19.0 Å². The number of anilines is 1. The topological polar surface area (TPSA) is 16.1 Å². The first kappa shape index (κ1) is 15.9. The van der Waals surface area contributed by atoms with Gasteiger partial charge in [0.1, 0.15) is 0 Å². The van der Waals surface area contributed by atoms with E-state index in [9.17, 15) is 0 Å². The third-order valence-electron chi connectivity index (χ3n) is 5.50. The largest absolute Gasteiger partial charge is 0.377 e. The molecule has 1 aliphatic carbocycles. The molecule has 0 fully saturated rings. The predicted molar refractivity (Wildman–Crippen MR) is 106 cm³/mol. The van der Waals surface area contributed by atoms with Gasteiger partial charge in [0.15, 0.2) is 0 Å². The summed E-state index contributed by atoms with van der Waals surface area (Å²) < 4.78 is 0. The van der Waals surface area contributed by atoms with Gasteiger partial charge >= 0.3 is 0 Å². The highest BCUT2D eigenvalue weighted by Gasteiger charge is 2.35. The van der Waals surface area contributed by atoms with Crippen LogP contribution in [-0.4, -0.2) is 19.1 Å². The molecule has 0 aliphatic heterocycles. The number of nitrogens with zero attached hydrogens (tertiary/aromatic N) is 2. The Labute approximate surface area is 150 Å². The van der Waals surface area contributed by atoms with Gasteiger partial charge in [-0.3, -0.25) is 4.98 Å². The first-order chi connectivity index (χ1) is 11.9. The van der Waals surface area contributed by atoms with Crippen molar-refractivity contribution in [3.05, 3.63) is 71.5 Å². The second-order valence-electron chi connectivity index (χ2n) is 7.67. The molecule has 1 aromatic heterocycles. The Morgan fingerprint density at radius 3 is 2.36 bits per heavy atom. The van der Waals surface area contributed by atoms with Gasteiger partial charge in [0.25, 0.3) is 0 Å². The standard InChI is InChI=1S/C23H24N2/c1-15-12-21-18(16-8-6-7-9-20(16)23(21,2)3)13-17(15)19-14-24-11-10-22(19)25(4)5/h6-14H,1-5H3. The summed E-state index contributed by atoms with van der Waals surface area (Å²) in [6.07, 6.45) is 3.84. The first-order valence-corrected chi connectivity index (χ1v) is 8.78. The Hall–Kier alpha value is -2.61. The van der Waals surface area contributed by atoms with Gasteiger partial charge in [-0.05, 0) is 52.4 Å². The molecule has 4 rings (SSSR count). The lowest BCUT2D eigenvalue weighted by atomic mass is 9.81. The van der Waals surface area contributed by atoms with Crippen molar-refractivity contribution >= 4 is 5.69 Å².